The number of carboxylic acids is 1. The largest absolute Gasteiger partial charge is 0.486 e. The van der Waals surface area contributed by atoms with Crippen molar-refractivity contribution in [2.45, 2.75) is 25.5 Å². The van der Waals surface area contributed by atoms with E-state index in [0.717, 1.165) is 16.8 Å². The number of ether oxygens (including phenoxy) is 1. The van der Waals surface area contributed by atoms with Gasteiger partial charge >= 0.3 is 5.97 Å². The normalized spacial score (nSPS) is 25.0. The first kappa shape index (κ1) is 11.8. The molecule has 0 amide bonds. The Morgan fingerprint density at radius 3 is 2.89 bits per heavy atom. The van der Waals surface area contributed by atoms with Gasteiger partial charge in [-0.15, -0.1) is 0 Å². The summed E-state index contributed by atoms with van der Waals surface area (Å²) in [7, 11) is 0. The van der Waals surface area contributed by atoms with Crippen LogP contribution in [-0.4, -0.2) is 29.0 Å². The van der Waals surface area contributed by atoms with Gasteiger partial charge < -0.3 is 15.2 Å². The van der Waals surface area contributed by atoms with Crippen LogP contribution in [0.25, 0.3) is 5.70 Å². The molecule has 0 bridgehead atoms. The topological polar surface area (TPSA) is 75.6 Å². The number of carboxylic acid groups (broad SMARTS) is 1. The molecule has 0 spiro atoms. The maximum Gasteiger partial charge on any atom is 0.333 e. The van der Waals surface area contributed by atoms with E-state index in [1.165, 1.54) is 0 Å². The number of ketones is 1. The number of hydrogen-bond donors (Lipinski definition) is 2. The van der Waals surface area contributed by atoms with Crippen LogP contribution in [0.4, 0.5) is 0 Å². The number of para-hydroxylation sites is 1. The molecule has 0 fully saturated rings. The molecule has 2 unspecified atom stereocenters. The van der Waals surface area contributed by atoms with E-state index in [4.69, 9.17) is 9.84 Å². The number of benzene rings is 1. The van der Waals surface area contributed by atoms with E-state index in [1.807, 2.05) is 31.2 Å². The molecule has 0 aromatic heterocycles. The third kappa shape index (κ3) is 1.78. The molecule has 5 nitrogen and oxygen atoms in total. The van der Waals surface area contributed by atoms with E-state index in [1.54, 1.807) is 0 Å². The molecule has 5 heteroatoms. The van der Waals surface area contributed by atoms with Gasteiger partial charge in [0.25, 0.3) is 0 Å². The summed E-state index contributed by atoms with van der Waals surface area (Å²) in [5.74, 6) is -0.769. The first-order valence-electron chi connectivity index (χ1n) is 6.09. The molecule has 3 rings (SSSR count). The molecule has 2 atom stereocenters. The van der Waals surface area contributed by atoms with Crippen molar-refractivity contribution in [2.24, 2.45) is 0 Å². The Kier molecular flexibility index (Phi) is 2.55. The van der Waals surface area contributed by atoms with Crippen molar-refractivity contribution in [1.29, 1.82) is 0 Å². The first-order valence-corrected chi connectivity index (χ1v) is 6.09. The minimum Gasteiger partial charge on any atom is -0.486 e. The Bertz CT molecular complexity index is 605. The summed E-state index contributed by atoms with van der Waals surface area (Å²) in [5.41, 5.74) is 2.36. The molecule has 0 saturated carbocycles. The second-order valence-corrected chi connectivity index (χ2v) is 4.72. The summed E-state index contributed by atoms with van der Waals surface area (Å²) in [4.78, 5) is 22.9. The van der Waals surface area contributed by atoms with Crippen molar-refractivity contribution in [2.75, 3.05) is 0 Å². The van der Waals surface area contributed by atoms with Crippen molar-refractivity contribution in [3.8, 4) is 5.75 Å². The van der Waals surface area contributed by atoms with E-state index in [2.05, 4.69) is 5.32 Å². The fourth-order valence-corrected chi connectivity index (χ4v) is 2.53. The molecule has 0 saturated heterocycles. The van der Waals surface area contributed by atoms with Gasteiger partial charge in [-0.25, -0.2) is 4.79 Å². The molecular weight excluding hydrogens is 246 g/mol. The number of Topliss-reactive ketones (excluding diaryl/α,β-unsaturated/α-hetero) is 1. The smallest absolute Gasteiger partial charge is 0.333 e. The van der Waals surface area contributed by atoms with E-state index < -0.39 is 12.0 Å². The zero-order valence-electron chi connectivity index (χ0n) is 10.3. The molecule has 2 aliphatic heterocycles. The molecule has 1 aromatic carbocycles. The van der Waals surface area contributed by atoms with Gasteiger partial charge in [-0.3, -0.25) is 4.79 Å². The SMILES string of the molecule is CC1Oc2ccccc2C2=C1CC(=O)C(C(=O)O)N2. The third-order valence-electron chi connectivity index (χ3n) is 3.49. The lowest BCUT2D eigenvalue weighted by molar-refractivity contribution is -0.143. The lowest BCUT2D eigenvalue weighted by Gasteiger charge is -2.34. The molecule has 1 aromatic rings. The van der Waals surface area contributed by atoms with E-state index in [-0.39, 0.29) is 18.3 Å². The summed E-state index contributed by atoms with van der Waals surface area (Å²) in [6, 6.07) is 6.25. The summed E-state index contributed by atoms with van der Waals surface area (Å²) in [5, 5.41) is 11.9. The zero-order valence-corrected chi connectivity index (χ0v) is 10.3. The number of aliphatic carboxylic acids is 1. The van der Waals surface area contributed by atoms with E-state index in [9.17, 15) is 9.59 Å². The minimum atomic E-state index is -1.17. The second-order valence-electron chi connectivity index (χ2n) is 4.72. The Morgan fingerprint density at radius 1 is 1.42 bits per heavy atom. The van der Waals surface area contributed by atoms with Crippen LogP contribution in [0.3, 0.4) is 0 Å². The molecule has 19 heavy (non-hydrogen) atoms. The van der Waals surface area contributed by atoms with Crippen LogP contribution in [0.15, 0.2) is 29.8 Å². The molecule has 0 aliphatic carbocycles. The summed E-state index contributed by atoms with van der Waals surface area (Å²) in [6.07, 6.45) is -0.106. The maximum absolute atomic E-state index is 11.8. The van der Waals surface area contributed by atoms with Gasteiger partial charge in [0.1, 0.15) is 11.9 Å². The van der Waals surface area contributed by atoms with Gasteiger partial charge in [0, 0.05) is 23.3 Å². The van der Waals surface area contributed by atoms with Gasteiger partial charge in [0.05, 0.1) is 0 Å². The van der Waals surface area contributed by atoms with Crippen LogP contribution in [0.5, 0.6) is 5.75 Å². The van der Waals surface area contributed by atoms with Crippen LogP contribution in [0, 0.1) is 0 Å². The summed E-state index contributed by atoms with van der Waals surface area (Å²) in [6.45, 7) is 1.86. The van der Waals surface area contributed by atoms with Gasteiger partial charge in [-0.05, 0) is 19.1 Å². The Balaban J connectivity index is 2.11. The highest BCUT2D eigenvalue weighted by molar-refractivity contribution is 6.07. The van der Waals surface area contributed by atoms with Crippen molar-refractivity contribution in [3.63, 3.8) is 0 Å². The van der Waals surface area contributed by atoms with Crippen molar-refractivity contribution < 1.29 is 19.4 Å². The Hall–Kier alpha value is -2.30. The highest BCUT2D eigenvalue weighted by Crippen LogP contribution is 2.37. The fraction of sp³-hybridized carbons (Fsp3) is 0.286. The van der Waals surface area contributed by atoms with E-state index >= 15 is 0 Å². The predicted molar refractivity (Wildman–Crippen MR) is 67.6 cm³/mol. The number of fused-ring (bicyclic) bond motifs is 2. The highest BCUT2D eigenvalue weighted by atomic mass is 16.5. The first-order chi connectivity index (χ1) is 9.08. The van der Waals surface area contributed by atoms with Crippen LogP contribution in [-0.2, 0) is 9.59 Å². The van der Waals surface area contributed by atoms with E-state index in [0.29, 0.717) is 5.75 Å². The van der Waals surface area contributed by atoms with Crippen LogP contribution in [0.1, 0.15) is 18.9 Å². The van der Waals surface area contributed by atoms with Gasteiger partial charge in [0.15, 0.2) is 11.8 Å². The Morgan fingerprint density at radius 2 is 2.16 bits per heavy atom. The molecular formula is C14H13NO4. The number of carbonyl (C=O) groups is 2. The van der Waals surface area contributed by atoms with Crippen molar-refractivity contribution >= 4 is 17.4 Å². The molecule has 98 valence electrons. The lowest BCUT2D eigenvalue weighted by Crippen LogP contribution is -2.48. The maximum atomic E-state index is 11.8. The van der Waals surface area contributed by atoms with Gasteiger partial charge in [-0.1, -0.05) is 12.1 Å². The number of rotatable bonds is 1. The van der Waals surface area contributed by atoms with Crippen LogP contribution >= 0.6 is 0 Å². The standard InChI is InChI=1S/C14H13NO4/c1-7-9-6-10(16)13(14(17)18)15-12(9)8-4-2-3-5-11(8)19-7/h2-5,7,13,15H,6H2,1H3,(H,17,18). The predicted octanol–water partition coefficient (Wildman–Crippen LogP) is 1.19. The van der Waals surface area contributed by atoms with Crippen molar-refractivity contribution in [1.82, 2.24) is 5.32 Å². The summed E-state index contributed by atoms with van der Waals surface area (Å²) >= 11 is 0. The van der Waals surface area contributed by atoms with Crippen LogP contribution in [0.2, 0.25) is 0 Å². The fourth-order valence-electron chi connectivity index (χ4n) is 2.53. The van der Waals surface area contributed by atoms with Crippen LogP contribution < -0.4 is 10.1 Å². The number of nitrogens with one attached hydrogen (secondary N) is 1. The lowest BCUT2D eigenvalue weighted by atomic mass is 9.89. The monoisotopic (exact) mass is 259 g/mol. The Labute approximate surface area is 109 Å². The average molecular weight is 259 g/mol. The summed E-state index contributed by atoms with van der Waals surface area (Å²) < 4.78 is 5.75. The molecule has 0 radical (unpaired) electrons. The van der Waals surface area contributed by atoms with Crippen molar-refractivity contribution in [3.05, 3.63) is 35.4 Å². The number of carbonyl (C=O) groups excluding carboxylic acids is 1. The molecule has 2 aliphatic rings. The average Bonchev–Trinajstić information content (AvgIpc) is 2.38. The quantitative estimate of drug-likeness (QED) is 0.741. The van der Waals surface area contributed by atoms with Gasteiger partial charge in [-0.2, -0.15) is 0 Å². The zero-order chi connectivity index (χ0) is 13.6. The third-order valence-corrected chi connectivity index (χ3v) is 3.49. The minimum absolute atomic E-state index is 0.120. The highest BCUT2D eigenvalue weighted by Gasteiger charge is 2.38. The molecule has 2 N–H and O–H groups in total. The molecule has 2 heterocycles. The van der Waals surface area contributed by atoms with Gasteiger partial charge in [0.2, 0.25) is 0 Å². The number of hydrogen-bond acceptors (Lipinski definition) is 4. The second kappa shape index (κ2) is 4.12.